The van der Waals surface area contributed by atoms with Gasteiger partial charge in [0.1, 0.15) is 11.0 Å². The predicted molar refractivity (Wildman–Crippen MR) is 52.0 cm³/mol. The monoisotopic (exact) mass is 217 g/mol. The van der Waals surface area contributed by atoms with Gasteiger partial charge < -0.3 is 5.32 Å². The predicted octanol–water partition coefficient (Wildman–Crippen LogP) is 1.51. The molecule has 0 aromatic carbocycles. The molecular formula is C8H9Cl2N3. The van der Waals surface area contributed by atoms with Crippen LogP contribution in [0, 0.1) is 0 Å². The summed E-state index contributed by atoms with van der Waals surface area (Å²) < 4.78 is 0. The van der Waals surface area contributed by atoms with Gasteiger partial charge in [0, 0.05) is 25.1 Å². The van der Waals surface area contributed by atoms with Crippen LogP contribution in [-0.2, 0) is 18.8 Å². The van der Waals surface area contributed by atoms with E-state index in [-0.39, 0.29) is 0 Å². The minimum atomic E-state index is 0.320. The van der Waals surface area contributed by atoms with Crippen LogP contribution in [-0.4, -0.2) is 16.5 Å². The highest BCUT2D eigenvalue weighted by atomic mass is 35.5. The number of hydrogen-bond acceptors (Lipinski definition) is 3. The number of nitrogens with zero attached hydrogens (tertiary/aromatic N) is 2. The van der Waals surface area contributed by atoms with Crippen LogP contribution in [0.3, 0.4) is 0 Å². The molecule has 1 aromatic rings. The first-order valence-corrected chi connectivity index (χ1v) is 5.03. The summed E-state index contributed by atoms with van der Waals surface area (Å²) >= 11 is 11.6. The normalized spacial score (nSPS) is 15.5. The highest BCUT2D eigenvalue weighted by Crippen LogP contribution is 2.20. The van der Waals surface area contributed by atoms with Crippen molar-refractivity contribution in [3.63, 3.8) is 0 Å². The van der Waals surface area contributed by atoms with Crippen molar-refractivity contribution in [3.05, 3.63) is 22.2 Å². The molecule has 2 heterocycles. The second-order valence-electron chi connectivity index (χ2n) is 2.92. The molecule has 0 fully saturated rings. The first-order valence-electron chi connectivity index (χ1n) is 4.12. The molecule has 2 rings (SSSR count). The molecule has 0 saturated carbocycles. The van der Waals surface area contributed by atoms with E-state index in [1.54, 1.807) is 0 Å². The third kappa shape index (κ3) is 1.77. The lowest BCUT2D eigenvalue weighted by Crippen LogP contribution is -2.25. The summed E-state index contributed by atoms with van der Waals surface area (Å²) in [5.41, 5.74) is 2.05. The number of halogens is 2. The van der Waals surface area contributed by atoms with E-state index >= 15 is 0 Å². The van der Waals surface area contributed by atoms with Gasteiger partial charge in [0.15, 0.2) is 0 Å². The summed E-state index contributed by atoms with van der Waals surface area (Å²) in [6, 6.07) is 0. The van der Waals surface area contributed by atoms with Crippen molar-refractivity contribution in [1.82, 2.24) is 15.3 Å². The van der Waals surface area contributed by atoms with Crippen molar-refractivity contribution < 1.29 is 0 Å². The summed E-state index contributed by atoms with van der Waals surface area (Å²) in [6.45, 7) is 1.71. The zero-order valence-electron chi connectivity index (χ0n) is 6.98. The second-order valence-corrected chi connectivity index (χ2v) is 3.54. The van der Waals surface area contributed by atoms with E-state index in [4.69, 9.17) is 23.2 Å². The molecule has 0 saturated heterocycles. The lowest BCUT2D eigenvalue weighted by atomic mass is 10.1. The maximum atomic E-state index is 5.98. The Morgan fingerprint density at radius 1 is 1.38 bits per heavy atom. The lowest BCUT2D eigenvalue weighted by Gasteiger charge is -2.17. The van der Waals surface area contributed by atoms with Crippen LogP contribution in [0.25, 0.3) is 0 Å². The Labute approximate surface area is 86.5 Å². The van der Waals surface area contributed by atoms with E-state index < -0.39 is 0 Å². The molecule has 1 N–H and O–H groups in total. The van der Waals surface area contributed by atoms with Gasteiger partial charge in [-0.05, 0) is 0 Å². The number of alkyl halides is 1. The van der Waals surface area contributed by atoms with Gasteiger partial charge in [0.25, 0.3) is 0 Å². The molecule has 0 spiro atoms. The fourth-order valence-electron chi connectivity index (χ4n) is 1.41. The van der Waals surface area contributed by atoms with Gasteiger partial charge >= 0.3 is 0 Å². The smallest absolute Gasteiger partial charge is 0.145 e. The average molecular weight is 218 g/mol. The largest absolute Gasteiger partial charge is 0.312 e. The first kappa shape index (κ1) is 9.19. The van der Waals surface area contributed by atoms with Crippen molar-refractivity contribution >= 4 is 23.2 Å². The van der Waals surface area contributed by atoms with Crippen molar-refractivity contribution in [1.29, 1.82) is 0 Å². The molecule has 0 aliphatic carbocycles. The fraction of sp³-hybridized carbons (Fsp3) is 0.500. The van der Waals surface area contributed by atoms with Crippen molar-refractivity contribution in [3.8, 4) is 0 Å². The minimum absolute atomic E-state index is 0.320. The number of hydrogen-bond donors (Lipinski definition) is 1. The SMILES string of the molecule is ClCc1nc(Cl)c2c(n1)CCNC2. The Kier molecular flexibility index (Phi) is 2.67. The molecule has 5 heteroatoms. The van der Waals surface area contributed by atoms with E-state index in [2.05, 4.69) is 15.3 Å². The molecule has 1 aromatic heterocycles. The molecule has 0 atom stereocenters. The first-order chi connectivity index (χ1) is 6.31. The Hall–Kier alpha value is -0.380. The quantitative estimate of drug-likeness (QED) is 0.573. The molecule has 0 bridgehead atoms. The molecule has 0 radical (unpaired) electrons. The van der Waals surface area contributed by atoms with Crippen LogP contribution < -0.4 is 5.32 Å². The Bertz CT molecular complexity index is 327. The molecule has 70 valence electrons. The zero-order valence-corrected chi connectivity index (χ0v) is 8.49. The number of nitrogens with one attached hydrogen (secondary N) is 1. The van der Waals surface area contributed by atoms with Gasteiger partial charge in [-0.25, -0.2) is 9.97 Å². The van der Waals surface area contributed by atoms with Gasteiger partial charge in [0.05, 0.1) is 11.6 Å². The van der Waals surface area contributed by atoms with Gasteiger partial charge in [-0.1, -0.05) is 11.6 Å². The van der Waals surface area contributed by atoms with Gasteiger partial charge in [-0.2, -0.15) is 0 Å². The van der Waals surface area contributed by atoms with Crippen molar-refractivity contribution in [2.45, 2.75) is 18.8 Å². The van der Waals surface area contributed by atoms with Crippen LogP contribution in [0.4, 0.5) is 0 Å². The maximum absolute atomic E-state index is 5.98. The highest BCUT2D eigenvalue weighted by Gasteiger charge is 2.15. The van der Waals surface area contributed by atoms with E-state index in [0.29, 0.717) is 16.9 Å². The maximum Gasteiger partial charge on any atom is 0.145 e. The zero-order chi connectivity index (χ0) is 9.26. The third-order valence-electron chi connectivity index (χ3n) is 2.05. The van der Waals surface area contributed by atoms with E-state index in [1.165, 1.54) is 0 Å². The highest BCUT2D eigenvalue weighted by molar-refractivity contribution is 6.30. The van der Waals surface area contributed by atoms with E-state index in [1.807, 2.05) is 0 Å². The van der Waals surface area contributed by atoms with Crippen LogP contribution in [0.15, 0.2) is 0 Å². The Balaban J connectivity index is 2.47. The van der Waals surface area contributed by atoms with Crippen molar-refractivity contribution in [2.75, 3.05) is 6.54 Å². The molecular weight excluding hydrogens is 209 g/mol. The number of fused-ring (bicyclic) bond motifs is 1. The summed E-state index contributed by atoms with van der Waals surface area (Å²) in [7, 11) is 0. The Morgan fingerprint density at radius 2 is 2.23 bits per heavy atom. The van der Waals surface area contributed by atoms with Crippen LogP contribution in [0.5, 0.6) is 0 Å². The second kappa shape index (κ2) is 3.78. The molecule has 0 unspecified atom stereocenters. The molecule has 1 aliphatic heterocycles. The number of rotatable bonds is 1. The van der Waals surface area contributed by atoms with E-state index in [9.17, 15) is 0 Å². The summed E-state index contributed by atoms with van der Waals surface area (Å²) in [6.07, 6.45) is 0.904. The summed E-state index contributed by atoms with van der Waals surface area (Å²) in [4.78, 5) is 8.41. The third-order valence-corrected chi connectivity index (χ3v) is 2.60. The molecule has 13 heavy (non-hydrogen) atoms. The minimum Gasteiger partial charge on any atom is -0.312 e. The van der Waals surface area contributed by atoms with E-state index in [0.717, 1.165) is 30.8 Å². The van der Waals surface area contributed by atoms with Gasteiger partial charge in [-0.15, -0.1) is 11.6 Å². The molecule has 3 nitrogen and oxygen atoms in total. The van der Waals surface area contributed by atoms with Crippen LogP contribution in [0.1, 0.15) is 17.1 Å². The fourth-order valence-corrected chi connectivity index (χ4v) is 1.80. The summed E-state index contributed by atoms with van der Waals surface area (Å²) in [5, 5.41) is 3.76. The molecule has 0 amide bonds. The van der Waals surface area contributed by atoms with Gasteiger partial charge in [-0.3, -0.25) is 0 Å². The van der Waals surface area contributed by atoms with Crippen LogP contribution in [0.2, 0.25) is 5.15 Å². The summed E-state index contributed by atoms with van der Waals surface area (Å²) in [5.74, 6) is 0.938. The van der Waals surface area contributed by atoms with Gasteiger partial charge in [0.2, 0.25) is 0 Å². The standard InChI is InChI=1S/C8H9Cl2N3/c9-3-7-12-6-1-2-11-4-5(6)8(10)13-7/h11H,1-4H2. The number of aromatic nitrogens is 2. The van der Waals surface area contributed by atoms with Crippen molar-refractivity contribution in [2.24, 2.45) is 0 Å². The Morgan fingerprint density at radius 3 is 3.00 bits per heavy atom. The lowest BCUT2D eigenvalue weighted by molar-refractivity contribution is 0.622. The molecule has 1 aliphatic rings. The average Bonchev–Trinajstić information content (AvgIpc) is 2.18. The van der Waals surface area contributed by atoms with Crippen LogP contribution >= 0.6 is 23.2 Å². The topological polar surface area (TPSA) is 37.8 Å².